The summed E-state index contributed by atoms with van der Waals surface area (Å²) in [6.45, 7) is 6.40. The lowest BCUT2D eigenvalue weighted by molar-refractivity contribution is -0.133. The molecule has 0 aliphatic carbocycles. The van der Waals surface area contributed by atoms with Crippen molar-refractivity contribution < 1.29 is 39.0 Å². The van der Waals surface area contributed by atoms with Crippen LogP contribution in [0.5, 0.6) is 0 Å². The van der Waals surface area contributed by atoms with Crippen molar-refractivity contribution in [3.63, 3.8) is 0 Å². The Balaban J connectivity index is 0.941. The first-order valence-corrected chi connectivity index (χ1v) is 21.0. The molecule has 0 radical (unpaired) electrons. The van der Waals surface area contributed by atoms with Gasteiger partial charge >= 0.3 is 11.9 Å². The van der Waals surface area contributed by atoms with E-state index in [1.165, 1.54) is 19.2 Å². The zero-order valence-electron chi connectivity index (χ0n) is 34.0. The number of benzene rings is 1. The van der Waals surface area contributed by atoms with Crippen molar-refractivity contribution in [3.8, 4) is 0 Å². The standard InChI is InChI=1S/C42H59N9O8/c1-28(52)46-34-10-9-31(26-32(34)37(54)55)48-21-13-42(14-22-48,40(44)59)51-19-11-29(12-20-51)7-3-4-8-35(53)47-30-25-33(38(56)57)36(45-27-30)49-23-15-41(16-24-49,39(43)58)50-17-5-2-6-18-50/h9-10,25-27,29H,2-8,11-24H2,1H3,(H2,43,58)(H2,44,59)(H,46,52)(H,47,53)(H,54,55)(H,56,57). The second-order valence-electron chi connectivity index (χ2n) is 16.7. The Morgan fingerprint density at radius 3 is 1.86 bits per heavy atom. The van der Waals surface area contributed by atoms with Gasteiger partial charge in [0.25, 0.3) is 0 Å². The van der Waals surface area contributed by atoms with Gasteiger partial charge in [0.05, 0.1) is 23.1 Å². The highest BCUT2D eigenvalue weighted by Gasteiger charge is 2.47. The number of carbonyl (C=O) groups excluding carboxylic acids is 4. The summed E-state index contributed by atoms with van der Waals surface area (Å²) in [4.78, 5) is 87.2. The van der Waals surface area contributed by atoms with E-state index in [0.29, 0.717) is 81.4 Å². The SMILES string of the molecule is CC(=O)Nc1ccc(N2CCC(C(N)=O)(N3CCC(CCCCC(=O)Nc4cnc(N5CCC(C(N)=O)(N6CCCCC6)CC5)c(C(=O)O)c4)CC3)CC2)cc1C(=O)O. The molecule has 4 amide bonds. The lowest BCUT2D eigenvalue weighted by atomic mass is 9.81. The van der Waals surface area contributed by atoms with Crippen LogP contribution in [0.3, 0.4) is 0 Å². The van der Waals surface area contributed by atoms with Gasteiger partial charge in [-0.3, -0.25) is 29.0 Å². The minimum atomic E-state index is -1.15. The number of unbranched alkanes of at least 4 members (excludes halogenated alkanes) is 1. The van der Waals surface area contributed by atoms with Gasteiger partial charge in [0.2, 0.25) is 23.6 Å². The third-order valence-electron chi connectivity index (χ3n) is 13.1. The zero-order chi connectivity index (χ0) is 42.3. The maximum atomic E-state index is 13.0. The van der Waals surface area contributed by atoms with Crippen LogP contribution in [0.15, 0.2) is 30.5 Å². The highest BCUT2D eigenvalue weighted by Crippen LogP contribution is 2.37. The molecule has 5 heterocycles. The number of likely N-dealkylation sites (tertiary alicyclic amines) is 2. The summed E-state index contributed by atoms with van der Waals surface area (Å²) >= 11 is 0. The van der Waals surface area contributed by atoms with E-state index in [9.17, 15) is 39.0 Å². The zero-order valence-corrected chi connectivity index (χ0v) is 34.0. The van der Waals surface area contributed by atoms with Gasteiger partial charge in [-0.25, -0.2) is 14.6 Å². The van der Waals surface area contributed by atoms with Crippen LogP contribution >= 0.6 is 0 Å². The maximum absolute atomic E-state index is 13.0. The monoisotopic (exact) mass is 817 g/mol. The Morgan fingerprint density at radius 1 is 0.729 bits per heavy atom. The lowest BCUT2D eigenvalue weighted by Crippen LogP contribution is -2.63. The summed E-state index contributed by atoms with van der Waals surface area (Å²) in [5, 5.41) is 25.2. The van der Waals surface area contributed by atoms with Gasteiger partial charge < -0.3 is 42.1 Å². The second-order valence-corrected chi connectivity index (χ2v) is 16.7. The first kappa shape index (κ1) is 43.3. The fourth-order valence-corrected chi connectivity index (χ4v) is 9.71. The molecule has 2 aromatic rings. The topological polar surface area (TPSA) is 245 Å². The van der Waals surface area contributed by atoms with Gasteiger partial charge in [-0.05, 0) is 114 Å². The van der Waals surface area contributed by atoms with Crippen molar-refractivity contribution in [2.24, 2.45) is 17.4 Å². The third-order valence-corrected chi connectivity index (χ3v) is 13.1. The second kappa shape index (κ2) is 18.7. The van der Waals surface area contributed by atoms with Gasteiger partial charge in [-0.2, -0.15) is 0 Å². The van der Waals surface area contributed by atoms with Gasteiger partial charge in [0.15, 0.2) is 0 Å². The predicted molar refractivity (Wildman–Crippen MR) is 222 cm³/mol. The van der Waals surface area contributed by atoms with Crippen LogP contribution in [0.25, 0.3) is 0 Å². The average molecular weight is 818 g/mol. The van der Waals surface area contributed by atoms with Crippen molar-refractivity contribution >= 4 is 58.4 Å². The lowest BCUT2D eigenvalue weighted by Gasteiger charge is -2.49. The number of primary amides is 2. The van der Waals surface area contributed by atoms with Crippen molar-refractivity contribution in [1.29, 1.82) is 0 Å². The fraction of sp³-hybridized carbons (Fsp3) is 0.595. The molecule has 0 spiro atoms. The summed E-state index contributed by atoms with van der Waals surface area (Å²) in [5.41, 5.74) is 11.7. The summed E-state index contributed by atoms with van der Waals surface area (Å²) in [7, 11) is 0. The van der Waals surface area contributed by atoms with Crippen LogP contribution in [-0.2, 0) is 19.2 Å². The van der Waals surface area contributed by atoms with Gasteiger partial charge in [0, 0.05) is 45.2 Å². The molecule has 4 fully saturated rings. The predicted octanol–water partition coefficient (Wildman–Crippen LogP) is 3.48. The molecule has 1 aromatic heterocycles. The number of nitrogens with two attached hydrogens (primary N) is 2. The Labute approximate surface area is 344 Å². The van der Waals surface area contributed by atoms with Crippen molar-refractivity contribution in [2.75, 3.05) is 72.8 Å². The molecule has 320 valence electrons. The van der Waals surface area contributed by atoms with E-state index < -0.39 is 23.0 Å². The van der Waals surface area contributed by atoms with E-state index in [-0.39, 0.29) is 46.9 Å². The summed E-state index contributed by atoms with van der Waals surface area (Å²) < 4.78 is 0. The minimum Gasteiger partial charge on any atom is -0.478 e. The fourth-order valence-electron chi connectivity index (χ4n) is 9.71. The number of piperidine rings is 4. The number of anilines is 4. The molecular formula is C42H59N9O8. The van der Waals surface area contributed by atoms with E-state index in [1.54, 1.807) is 18.2 Å². The molecule has 1 aromatic carbocycles. The van der Waals surface area contributed by atoms with E-state index in [0.717, 1.165) is 71.1 Å². The molecule has 4 aliphatic rings. The number of nitrogens with one attached hydrogen (secondary N) is 2. The number of carboxylic acid groups (broad SMARTS) is 2. The molecule has 0 unspecified atom stereocenters. The van der Waals surface area contributed by atoms with Gasteiger partial charge in [0.1, 0.15) is 22.5 Å². The number of aromatic carboxylic acids is 2. The van der Waals surface area contributed by atoms with Crippen LogP contribution in [0.4, 0.5) is 22.9 Å². The Kier molecular flexibility index (Phi) is 13.8. The number of aromatic nitrogens is 1. The first-order chi connectivity index (χ1) is 28.2. The number of pyridine rings is 1. The summed E-state index contributed by atoms with van der Waals surface area (Å²) in [6.07, 6.45) is 11.3. The molecule has 0 atom stereocenters. The number of rotatable bonds is 15. The molecule has 6 rings (SSSR count). The molecule has 4 aliphatic heterocycles. The van der Waals surface area contributed by atoms with Crippen LogP contribution in [0.2, 0.25) is 0 Å². The van der Waals surface area contributed by atoms with Crippen LogP contribution in [0, 0.1) is 5.92 Å². The van der Waals surface area contributed by atoms with Crippen molar-refractivity contribution in [3.05, 3.63) is 41.6 Å². The highest BCUT2D eigenvalue weighted by atomic mass is 16.4. The highest BCUT2D eigenvalue weighted by molar-refractivity contribution is 6.01. The quantitative estimate of drug-likeness (QED) is 0.141. The number of hydrogen-bond acceptors (Lipinski definition) is 11. The smallest absolute Gasteiger partial charge is 0.339 e. The van der Waals surface area contributed by atoms with E-state index in [2.05, 4.69) is 25.4 Å². The number of nitrogens with zero attached hydrogens (tertiary/aromatic N) is 5. The Hall–Kier alpha value is -5.29. The molecule has 8 N–H and O–H groups in total. The van der Waals surface area contributed by atoms with Crippen molar-refractivity contribution in [1.82, 2.24) is 14.8 Å². The van der Waals surface area contributed by atoms with Gasteiger partial charge in [-0.1, -0.05) is 19.3 Å². The number of carbonyl (C=O) groups is 6. The van der Waals surface area contributed by atoms with Gasteiger partial charge in [-0.15, -0.1) is 0 Å². The number of carboxylic acids is 2. The number of amides is 4. The first-order valence-electron chi connectivity index (χ1n) is 21.0. The molecule has 0 bridgehead atoms. The van der Waals surface area contributed by atoms with Crippen LogP contribution in [-0.4, -0.2) is 124 Å². The molecular weight excluding hydrogens is 759 g/mol. The molecule has 4 saturated heterocycles. The molecule has 17 heteroatoms. The largest absolute Gasteiger partial charge is 0.478 e. The summed E-state index contributed by atoms with van der Waals surface area (Å²) in [6, 6.07) is 6.36. The minimum absolute atomic E-state index is 0.00124. The van der Waals surface area contributed by atoms with Crippen LogP contribution < -0.4 is 31.9 Å². The molecule has 0 saturated carbocycles. The van der Waals surface area contributed by atoms with E-state index in [4.69, 9.17) is 11.5 Å². The average Bonchev–Trinajstić information content (AvgIpc) is 3.22. The van der Waals surface area contributed by atoms with E-state index >= 15 is 0 Å². The Bertz CT molecular complexity index is 1890. The molecule has 17 nitrogen and oxygen atoms in total. The molecule has 59 heavy (non-hydrogen) atoms. The maximum Gasteiger partial charge on any atom is 0.339 e. The van der Waals surface area contributed by atoms with E-state index in [1.807, 2.05) is 9.80 Å². The summed E-state index contributed by atoms with van der Waals surface area (Å²) in [5.74, 6) is -2.77. The third kappa shape index (κ3) is 9.78. The Morgan fingerprint density at radius 2 is 1.31 bits per heavy atom. The van der Waals surface area contributed by atoms with Crippen LogP contribution in [0.1, 0.15) is 111 Å². The number of hydrogen-bond donors (Lipinski definition) is 6. The normalized spacial score (nSPS) is 20.1. The van der Waals surface area contributed by atoms with Crippen molar-refractivity contribution in [2.45, 2.75) is 101 Å².